The molecule has 0 fully saturated rings. The molecule has 3 rings (SSSR count). The van der Waals surface area contributed by atoms with Crippen LogP contribution in [-0.2, 0) is 0 Å². The fraction of sp³-hybridized carbons (Fsp3) is 0.200. The van der Waals surface area contributed by atoms with E-state index in [9.17, 15) is 0 Å². The van der Waals surface area contributed by atoms with Crippen LogP contribution in [0.3, 0.4) is 0 Å². The first-order chi connectivity index (χ1) is 9.56. The zero-order valence-electron chi connectivity index (χ0n) is 11.6. The molecular weight excluding hydrogens is 270 g/mol. The van der Waals surface area contributed by atoms with E-state index in [0.29, 0.717) is 17.3 Å². The summed E-state index contributed by atoms with van der Waals surface area (Å²) in [5.41, 5.74) is 8.82. The molecule has 3 aromatic rings. The maximum atomic E-state index is 5.96. The molecule has 0 atom stereocenters. The van der Waals surface area contributed by atoms with Gasteiger partial charge >= 0.3 is 0 Å². The van der Waals surface area contributed by atoms with Crippen LogP contribution in [-0.4, -0.2) is 9.97 Å². The van der Waals surface area contributed by atoms with Crippen molar-refractivity contribution in [1.82, 2.24) is 9.97 Å². The molecule has 5 heteroatoms. The molecule has 0 radical (unpaired) electrons. The number of benzene rings is 1. The number of aromatic nitrogens is 2. The number of fused-ring (bicyclic) bond motifs is 1. The predicted molar refractivity (Wildman–Crippen MR) is 82.6 cm³/mol. The molecule has 0 saturated carbocycles. The summed E-state index contributed by atoms with van der Waals surface area (Å²) in [5, 5.41) is 0.968. The molecule has 0 aliphatic rings. The molecule has 0 aliphatic heterocycles. The monoisotopic (exact) mass is 285 g/mol. The Hall–Kier alpha value is -2.14. The highest BCUT2D eigenvalue weighted by molar-refractivity contribution is 7.18. The van der Waals surface area contributed by atoms with E-state index in [0.717, 1.165) is 21.3 Å². The number of hydrogen-bond acceptors (Lipinski definition) is 5. The van der Waals surface area contributed by atoms with Gasteiger partial charge in [0.25, 0.3) is 0 Å². The molecule has 0 amide bonds. The number of ether oxygens (including phenoxy) is 1. The SMILES string of the molecule is Cc1ccc(N)c(Oc2ncnc3sc(C)c(C)c23)c1. The zero-order chi connectivity index (χ0) is 14.3. The maximum absolute atomic E-state index is 5.96. The third-order valence-electron chi connectivity index (χ3n) is 3.31. The van der Waals surface area contributed by atoms with Gasteiger partial charge < -0.3 is 10.5 Å². The number of thiophene rings is 1. The van der Waals surface area contributed by atoms with E-state index < -0.39 is 0 Å². The number of aryl methyl sites for hydroxylation is 3. The first-order valence-electron chi connectivity index (χ1n) is 6.31. The Bertz CT molecular complexity index is 795. The van der Waals surface area contributed by atoms with E-state index in [1.807, 2.05) is 25.1 Å². The second-order valence-corrected chi connectivity index (χ2v) is 5.99. The molecule has 102 valence electrons. The van der Waals surface area contributed by atoms with Gasteiger partial charge in [-0.05, 0) is 44.0 Å². The average molecular weight is 285 g/mol. The van der Waals surface area contributed by atoms with Crippen LogP contribution in [0.2, 0.25) is 0 Å². The number of nitrogens with two attached hydrogens (primary N) is 1. The minimum absolute atomic E-state index is 0.564. The van der Waals surface area contributed by atoms with Crippen molar-refractivity contribution in [2.75, 3.05) is 5.73 Å². The van der Waals surface area contributed by atoms with Crippen LogP contribution in [0.15, 0.2) is 24.5 Å². The van der Waals surface area contributed by atoms with Crippen molar-refractivity contribution in [2.24, 2.45) is 0 Å². The van der Waals surface area contributed by atoms with Crippen LogP contribution in [0.4, 0.5) is 5.69 Å². The molecule has 0 unspecified atom stereocenters. The van der Waals surface area contributed by atoms with Crippen LogP contribution in [0, 0.1) is 20.8 Å². The van der Waals surface area contributed by atoms with Crippen molar-refractivity contribution in [1.29, 1.82) is 0 Å². The first kappa shape index (κ1) is 12.9. The van der Waals surface area contributed by atoms with Crippen LogP contribution < -0.4 is 10.5 Å². The largest absolute Gasteiger partial charge is 0.436 e. The van der Waals surface area contributed by atoms with Crippen LogP contribution in [0.25, 0.3) is 10.2 Å². The third-order valence-corrected chi connectivity index (χ3v) is 4.42. The maximum Gasteiger partial charge on any atom is 0.231 e. The third kappa shape index (κ3) is 2.10. The highest BCUT2D eigenvalue weighted by atomic mass is 32.1. The topological polar surface area (TPSA) is 61.0 Å². The van der Waals surface area contributed by atoms with Gasteiger partial charge in [0, 0.05) is 4.88 Å². The van der Waals surface area contributed by atoms with E-state index in [2.05, 4.69) is 23.8 Å². The summed E-state index contributed by atoms with van der Waals surface area (Å²) in [4.78, 5) is 10.7. The van der Waals surface area contributed by atoms with Crippen molar-refractivity contribution < 1.29 is 4.74 Å². The molecule has 1 aromatic carbocycles. The Kier molecular flexibility index (Phi) is 3.06. The van der Waals surface area contributed by atoms with Gasteiger partial charge in [-0.2, -0.15) is 0 Å². The fourth-order valence-corrected chi connectivity index (χ4v) is 3.05. The number of rotatable bonds is 2. The Morgan fingerprint density at radius 3 is 2.75 bits per heavy atom. The van der Waals surface area contributed by atoms with Crippen molar-refractivity contribution in [3.8, 4) is 11.6 Å². The lowest BCUT2D eigenvalue weighted by Crippen LogP contribution is -1.95. The van der Waals surface area contributed by atoms with Crippen molar-refractivity contribution in [3.63, 3.8) is 0 Å². The van der Waals surface area contributed by atoms with Crippen LogP contribution >= 0.6 is 11.3 Å². The first-order valence-corrected chi connectivity index (χ1v) is 7.12. The smallest absolute Gasteiger partial charge is 0.231 e. The Morgan fingerprint density at radius 2 is 1.95 bits per heavy atom. The van der Waals surface area contributed by atoms with Gasteiger partial charge in [0.15, 0.2) is 5.75 Å². The lowest BCUT2D eigenvalue weighted by molar-refractivity contribution is 0.470. The minimum atomic E-state index is 0.564. The number of nitrogen functional groups attached to an aromatic ring is 1. The van der Waals surface area contributed by atoms with E-state index in [-0.39, 0.29) is 0 Å². The zero-order valence-corrected chi connectivity index (χ0v) is 12.4. The van der Waals surface area contributed by atoms with Gasteiger partial charge in [-0.1, -0.05) is 6.07 Å². The highest BCUT2D eigenvalue weighted by Gasteiger charge is 2.14. The molecule has 4 nitrogen and oxygen atoms in total. The van der Waals surface area contributed by atoms with Gasteiger partial charge in [0.1, 0.15) is 11.2 Å². The Morgan fingerprint density at radius 1 is 1.15 bits per heavy atom. The summed E-state index contributed by atoms with van der Waals surface area (Å²) >= 11 is 1.65. The van der Waals surface area contributed by atoms with Crippen molar-refractivity contribution in [3.05, 3.63) is 40.5 Å². The molecule has 2 N–H and O–H groups in total. The minimum Gasteiger partial charge on any atom is -0.436 e. The average Bonchev–Trinajstić information content (AvgIpc) is 2.71. The van der Waals surface area contributed by atoms with Crippen LogP contribution in [0.5, 0.6) is 11.6 Å². The summed E-state index contributed by atoms with van der Waals surface area (Å²) in [6.45, 7) is 6.14. The molecule has 0 spiro atoms. The standard InChI is InChI=1S/C15H15N3OS/c1-8-4-5-11(16)12(6-8)19-14-13-9(2)10(3)20-15(13)18-7-17-14/h4-7H,16H2,1-3H3. The predicted octanol–water partition coefficient (Wildman–Crippen LogP) is 3.99. The summed E-state index contributed by atoms with van der Waals surface area (Å²) in [6, 6.07) is 5.71. The number of nitrogens with zero attached hydrogens (tertiary/aromatic N) is 2. The summed E-state index contributed by atoms with van der Waals surface area (Å²) in [7, 11) is 0. The van der Waals surface area contributed by atoms with Crippen molar-refractivity contribution >= 4 is 27.2 Å². The Labute approximate surface area is 121 Å². The summed E-state index contributed by atoms with van der Waals surface area (Å²) < 4.78 is 5.93. The molecule has 0 saturated heterocycles. The Balaban J connectivity index is 2.13. The second kappa shape index (κ2) is 4.76. The van der Waals surface area contributed by atoms with Gasteiger partial charge in [-0.25, -0.2) is 9.97 Å². The lowest BCUT2D eigenvalue weighted by atomic mass is 10.2. The molecule has 0 bridgehead atoms. The highest BCUT2D eigenvalue weighted by Crippen LogP contribution is 2.37. The van der Waals surface area contributed by atoms with E-state index in [1.165, 1.54) is 11.2 Å². The van der Waals surface area contributed by atoms with Gasteiger partial charge in [-0.3, -0.25) is 0 Å². The normalized spacial score (nSPS) is 10.9. The lowest BCUT2D eigenvalue weighted by Gasteiger charge is -2.09. The summed E-state index contributed by atoms with van der Waals surface area (Å²) in [6.07, 6.45) is 1.53. The van der Waals surface area contributed by atoms with E-state index in [4.69, 9.17) is 10.5 Å². The van der Waals surface area contributed by atoms with Gasteiger partial charge in [-0.15, -0.1) is 11.3 Å². The van der Waals surface area contributed by atoms with E-state index >= 15 is 0 Å². The molecule has 0 aliphatic carbocycles. The number of anilines is 1. The van der Waals surface area contributed by atoms with E-state index in [1.54, 1.807) is 11.3 Å². The van der Waals surface area contributed by atoms with Gasteiger partial charge in [0.2, 0.25) is 5.88 Å². The number of hydrogen-bond donors (Lipinski definition) is 1. The molecular formula is C15H15N3OS. The second-order valence-electron chi connectivity index (χ2n) is 4.79. The molecule has 2 aromatic heterocycles. The van der Waals surface area contributed by atoms with Gasteiger partial charge in [0.05, 0.1) is 11.1 Å². The van der Waals surface area contributed by atoms with Crippen molar-refractivity contribution in [2.45, 2.75) is 20.8 Å². The molecule has 2 heterocycles. The quantitative estimate of drug-likeness (QED) is 0.723. The summed E-state index contributed by atoms with van der Waals surface area (Å²) in [5.74, 6) is 1.20. The molecule has 20 heavy (non-hydrogen) atoms. The van der Waals surface area contributed by atoms with Crippen LogP contribution in [0.1, 0.15) is 16.0 Å². The fourth-order valence-electron chi connectivity index (χ4n) is 2.06.